The van der Waals surface area contributed by atoms with Crippen LogP contribution in [0.1, 0.15) is 16.8 Å². The van der Waals surface area contributed by atoms with Gasteiger partial charge in [0.1, 0.15) is 17.4 Å². The van der Waals surface area contributed by atoms with Crippen LogP contribution in [0, 0.1) is 19.7 Å². The monoisotopic (exact) mass is 386 g/mol. The van der Waals surface area contributed by atoms with Crippen LogP contribution >= 0.6 is 11.6 Å². The minimum atomic E-state index is -0.254. The van der Waals surface area contributed by atoms with Gasteiger partial charge in [-0.05, 0) is 31.5 Å². The highest BCUT2D eigenvalue weighted by atomic mass is 35.5. The van der Waals surface area contributed by atoms with E-state index in [1.165, 1.54) is 6.07 Å². The second-order valence-electron chi connectivity index (χ2n) is 6.09. The number of nitrogens with one attached hydrogen (secondary N) is 2. The number of benzene rings is 2. The average molecular weight is 387 g/mol. The van der Waals surface area contributed by atoms with Gasteiger partial charge in [0.2, 0.25) is 5.95 Å². The Hall–Kier alpha value is -2.86. The molecular weight excluding hydrogens is 367 g/mol. The smallest absolute Gasteiger partial charge is 0.229 e. The third-order valence-electron chi connectivity index (χ3n) is 4.00. The lowest BCUT2D eigenvalue weighted by molar-refractivity contribution is 0.416. The van der Waals surface area contributed by atoms with Gasteiger partial charge in [0.25, 0.3) is 0 Å². The van der Waals surface area contributed by atoms with E-state index in [2.05, 4.69) is 20.6 Å². The van der Waals surface area contributed by atoms with Crippen LogP contribution in [0.4, 0.5) is 21.8 Å². The summed E-state index contributed by atoms with van der Waals surface area (Å²) in [6, 6.07) is 12.0. The molecule has 0 spiro atoms. The Bertz CT molecular complexity index is 965. The second kappa shape index (κ2) is 8.22. The SMILES string of the molecule is COc1cc(Cl)c(C)cc1Nc1nc(C)cc(NCc2ccccc2F)n1. The number of halogens is 2. The molecule has 3 aromatic rings. The molecule has 1 heterocycles. The first-order valence-electron chi connectivity index (χ1n) is 8.40. The zero-order chi connectivity index (χ0) is 19.4. The van der Waals surface area contributed by atoms with Crippen molar-refractivity contribution in [3.8, 4) is 5.75 Å². The first-order valence-corrected chi connectivity index (χ1v) is 8.78. The summed E-state index contributed by atoms with van der Waals surface area (Å²) in [5.41, 5.74) is 2.96. The van der Waals surface area contributed by atoms with E-state index in [4.69, 9.17) is 16.3 Å². The molecule has 0 saturated heterocycles. The summed E-state index contributed by atoms with van der Waals surface area (Å²) >= 11 is 6.15. The number of rotatable bonds is 6. The second-order valence-corrected chi connectivity index (χ2v) is 6.50. The van der Waals surface area contributed by atoms with Crippen LogP contribution in [0.25, 0.3) is 0 Å². The molecule has 27 heavy (non-hydrogen) atoms. The number of methoxy groups -OCH3 is 1. The largest absolute Gasteiger partial charge is 0.495 e. The van der Waals surface area contributed by atoms with Crippen molar-refractivity contribution >= 4 is 29.1 Å². The molecule has 0 aliphatic heterocycles. The van der Waals surface area contributed by atoms with Crippen molar-refractivity contribution < 1.29 is 9.13 Å². The molecule has 0 fully saturated rings. The van der Waals surface area contributed by atoms with E-state index in [1.807, 2.05) is 19.9 Å². The first-order chi connectivity index (χ1) is 13.0. The van der Waals surface area contributed by atoms with Gasteiger partial charge in [0, 0.05) is 35.0 Å². The maximum Gasteiger partial charge on any atom is 0.229 e. The Labute approximate surface area is 162 Å². The van der Waals surface area contributed by atoms with Crippen LogP contribution < -0.4 is 15.4 Å². The molecule has 0 radical (unpaired) electrons. The van der Waals surface area contributed by atoms with Gasteiger partial charge in [0.05, 0.1) is 12.8 Å². The maximum absolute atomic E-state index is 13.8. The molecule has 7 heteroatoms. The lowest BCUT2D eigenvalue weighted by Gasteiger charge is -2.14. The summed E-state index contributed by atoms with van der Waals surface area (Å²) in [4.78, 5) is 8.86. The van der Waals surface area contributed by atoms with Crippen molar-refractivity contribution in [1.29, 1.82) is 0 Å². The van der Waals surface area contributed by atoms with Gasteiger partial charge in [0.15, 0.2) is 0 Å². The summed E-state index contributed by atoms with van der Waals surface area (Å²) in [6.07, 6.45) is 0. The molecule has 0 amide bonds. The molecule has 5 nitrogen and oxygen atoms in total. The zero-order valence-corrected chi connectivity index (χ0v) is 16.1. The van der Waals surface area contributed by atoms with Crippen LogP contribution in [0.15, 0.2) is 42.5 Å². The number of hydrogen-bond donors (Lipinski definition) is 2. The van der Waals surface area contributed by atoms with E-state index in [9.17, 15) is 4.39 Å². The number of ether oxygens (including phenoxy) is 1. The summed E-state index contributed by atoms with van der Waals surface area (Å²) in [6.45, 7) is 4.10. The minimum absolute atomic E-state index is 0.254. The van der Waals surface area contributed by atoms with Gasteiger partial charge in [-0.15, -0.1) is 0 Å². The standard InChI is InChI=1S/C20H20ClFN4O/c1-12-8-17(18(27-3)10-15(12)21)25-20-24-13(2)9-19(26-20)23-11-14-6-4-5-7-16(14)22/h4-10H,11H2,1-3H3,(H2,23,24,25,26). The van der Waals surface area contributed by atoms with E-state index in [0.29, 0.717) is 40.3 Å². The topological polar surface area (TPSA) is 59.1 Å². The Kier molecular flexibility index (Phi) is 5.76. The van der Waals surface area contributed by atoms with Gasteiger partial charge in [-0.2, -0.15) is 4.98 Å². The van der Waals surface area contributed by atoms with Gasteiger partial charge in [-0.3, -0.25) is 0 Å². The highest BCUT2D eigenvalue weighted by Crippen LogP contribution is 2.32. The summed E-state index contributed by atoms with van der Waals surface area (Å²) in [5.74, 6) is 1.34. The lowest BCUT2D eigenvalue weighted by atomic mass is 10.2. The summed E-state index contributed by atoms with van der Waals surface area (Å²) in [7, 11) is 1.57. The molecule has 0 atom stereocenters. The van der Waals surface area contributed by atoms with Crippen molar-refractivity contribution in [3.63, 3.8) is 0 Å². The molecule has 3 rings (SSSR count). The van der Waals surface area contributed by atoms with E-state index in [-0.39, 0.29) is 5.82 Å². The van der Waals surface area contributed by atoms with E-state index >= 15 is 0 Å². The molecular formula is C20H20ClFN4O. The predicted octanol–water partition coefficient (Wildman–Crippen LogP) is 5.25. The van der Waals surface area contributed by atoms with Gasteiger partial charge >= 0.3 is 0 Å². The highest BCUT2D eigenvalue weighted by Gasteiger charge is 2.10. The third-order valence-corrected chi connectivity index (χ3v) is 4.41. The first kappa shape index (κ1) is 18.9. The molecule has 0 saturated carbocycles. The van der Waals surface area contributed by atoms with E-state index in [0.717, 1.165) is 11.3 Å². The molecule has 140 valence electrons. The number of aromatic nitrogens is 2. The fraction of sp³-hybridized carbons (Fsp3) is 0.200. The molecule has 2 aromatic carbocycles. The predicted molar refractivity (Wildman–Crippen MR) is 107 cm³/mol. The zero-order valence-electron chi connectivity index (χ0n) is 15.3. The average Bonchev–Trinajstić information content (AvgIpc) is 2.63. The van der Waals surface area contributed by atoms with Crippen molar-refractivity contribution in [1.82, 2.24) is 9.97 Å². The van der Waals surface area contributed by atoms with Crippen LogP contribution in [0.5, 0.6) is 5.75 Å². The Balaban J connectivity index is 1.82. The van der Waals surface area contributed by atoms with E-state index in [1.54, 1.807) is 37.4 Å². The number of aryl methyl sites for hydroxylation is 2. The maximum atomic E-state index is 13.8. The molecule has 1 aromatic heterocycles. The molecule has 0 aliphatic carbocycles. The normalized spacial score (nSPS) is 10.6. The fourth-order valence-corrected chi connectivity index (χ4v) is 2.75. The summed E-state index contributed by atoms with van der Waals surface area (Å²) in [5, 5.41) is 6.92. The van der Waals surface area contributed by atoms with Crippen LogP contribution in [-0.4, -0.2) is 17.1 Å². The van der Waals surface area contributed by atoms with Crippen molar-refractivity contribution in [2.75, 3.05) is 17.7 Å². The summed E-state index contributed by atoms with van der Waals surface area (Å²) < 4.78 is 19.2. The quantitative estimate of drug-likeness (QED) is 0.605. The van der Waals surface area contributed by atoms with Crippen LogP contribution in [0.3, 0.4) is 0 Å². The third kappa shape index (κ3) is 4.65. The molecule has 0 aliphatic rings. The highest BCUT2D eigenvalue weighted by molar-refractivity contribution is 6.31. The minimum Gasteiger partial charge on any atom is -0.495 e. The molecule has 0 unspecified atom stereocenters. The lowest BCUT2D eigenvalue weighted by Crippen LogP contribution is -2.07. The van der Waals surface area contributed by atoms with Crippen molar-refractivity contribution in [2.45, 2.75) is 20.4 Å². The molecule has 2 N–H and O–H groups in total. The van der Waals surface area contributed by atoms with Gasteiger partial charge in [-0.1, -0.05) is 29.8 Å². The van der Waals surface area contributed by atoms with Crippen molar-refractivity contribution in [3.05, 3.63) is 70.1 Å². The number of hydrogen-bond acceptors (Lipinski definition) is 5. The Morgan fingerprint density at radius 3 is 2.63 bits per heavy atom. The van der Waals surface area contributed by atoms with Crippen LogP contribution in [-0.2, 0) is 6.54 Å². The van der Waals surface area contributed by atoms with Gasteiger partial charge in [-0.25, -0.2) is 9.37 Å². The van der Waals surface area contributed by atoms with Crippen LogP contribution in [0.2, 0.25) is 5.02 Å². The fourth-order valence-electron chi connectivity index (χ4n) is 2.59. The Morgan fingerprint density at radius 2 is 1.89 bits per heavy atom. The van der Waals surface area contributed by atoms with E-state index < -0.39 is 0 Å². The number of anilines is 3. The Morgan fingerprint density at radius 1 is 1.11 bits per heavy atom. The number of nitrogens with zero attached hydrogens (tertiary/aromatic N) is 2. The molecule has 0 bridgehead atoms. The van der Waals surface area contributed by atoms with Gasteiger partial charge < -0.3 is 15.4 Å². The van der Waals surface area contributed by atoms with Crippen molar-refractivity contribution in [2.24, 2.45) is 0 Å².